The number of esters is 2. The highest BCUT2D eigenvalue weighted by atomic mass is 35.5. The van der Waals surface area contributed by atoms with Crippen molar-refractivity contribution in [2.75, 3.05) is 13.2 Å². The molecule has 126 valence electrons. The normalized spacial score (nSPS) is 12.3. The second-order valence-electron chi connectivity index (χ2n) is 4.36. The second kappa shape index (κ2) is 8.12. The monoisotopic (exact) mass is 363 g/mol. The van der Waals surface area contributed by atoms with Gasteiger partial charge in [-0.2, -0.15) is 0 Å². The summed E-state index contributed by atoms with van der Waals surface area (Å²) in [4.78, 5) is 32.0. The van der Waals surface area contributed by atoms with Crippen molar-refractivity contribution < 1.29 is 24.0 Å². The summed E-state index contributed by atoms with van der Waals surface area (Å²) in [5.74, 6) is -2.09. The number of nitro benzene ring substituents is 1. The summed E-state index contributed by atoms with van der Waals surface area (Å²) >= 11 is 12.4. The molecule has 0 heterocycles. The number of nitro groups is 1. The number of hydrogen-bond acceptors (Lipinski definition) is 6. The third kappa shape index (κ3) is 4.11. The summed E-state index contributed by atoms with van der Waals surface area (Å²) in [6, 6.07) is 5.01. The van der Waals surface area contributed by atoms with Crippen LogP contribution in [0.2, 0.25) is 0 Å². The molecule has 0 amide bonds. The van der Waals surface area contributed by atoms with Crippen LogP contribution in [0.5, 0.6) is 0 Å². The molecule has 9 heteroatoms. The lowest BCUT2D eigenvalue weighted by Crippen LogP contribution is -2.47. The molecule has 1 aromatic carbocycles. The number of ether oxygens (including phenoxy) is 2. The fourth-order valence-corrected chi connectivity index (χ4v) is 2.32. The molecule has 0 fully saturated rings. The maximum atomic E-state index is 12.1. The molecule has 0 bridgehead atoms. The van der Waals surface area contributed by atoms with Crippen LogP contribution in [0, 0.1) is 10.1 Å². The smallest absolute Gasteiger partial charge is 0.340 e. The molecule has 0 saturated heterocycles. The van der Waals surface area contributed by atoms with Gasteiger partial charge in [-0.1, -0.05) is 23.7 Å². The van der Waals surface area contributed by atoms with Gasteiger partial charge >= 0.3 is 11.9 Å². The fourth-order valence-electron chi connectivity index (χ4n) is 1.76. The van der Waals surface area contributed by atoms with Crippen molar-refractivity contribution in [1.29, 1.82) is 0 Å². The van der Waals surface area contributed by atoms with Crippen molar-refractivity contribution in [3.05, 3.63) is 39.9 Å². The van der Waals surface area contributed by atoms with Gasteiger partial charge in [0.25, 0.3) is 10.6 Å². The molecule has 1 unspecified atom stereocenters. The minimum Gasteiger partial charge on any atom is -0.464 e. The van der Waals surface area contributed by atoms with E-state index in [2.05, 4.69) is 0 Å². The molecule has 1 aromatic rings. The standard InChI is InChI=1S/C14H15Cl2NO6/c1-3-22-12(18)14(16,13(19)23-4-2)11(15)9-5-7-10(8-6-9)17(20)21/h5-8,11H,3-4H2,1-2H3. The summed E-state index contributed by atoms with van der Waals surface area (Å²) in [5.41, 5.74) is 0.0819. The summed E-state index contributed by atoms with van der Waals surface area (Å²) in [6.07, 6.45) is 0. The summed E-state index contributed by atoms with van der Waals surface area (Å²) in [7, 11) is 0. The van der Waals surface area contributed by atoms with E-state index in [4.69, 9.17) is 32.7 Å². The van der Waals surface area contributed by atoms with Crippen LogP contribution in [0.1, 0.15) is 24.8 Å². The van der Waals surface area contributed by atoms with Gasteiger partial charge < -0.3 is 9.47 Å². The van der Waals surface area contributed by atoms with E-state index in [1.165, 1.54) is 24.3 Å². The van der Waals surface area contributed by atoms with E-state index < -0.39 is 27.1 Å². The Morgan fingerprint density at radius 1 is 1.17 bits per heavy atom. The van der Waals surface area contributed by atoms with Gasteiger partial charge in [-0.15, -0.1) is 11.6 Å². The molecule has 1 atom stereocenters. The number of benzene rings is 1. The van der Waals surface area contributed by atoms with Crippen LogP contribution >= 0.6 is 23.2 Å². The number of alkyl halides is 2. The molecule has 1 rings (SSSR count). The van der Waals surface area contributed by atoms with Gasteiger partial charge in [0.05, 0.1) is 23.5 Å². The molecule has 0 spiro atoms. The highest BCUT2D eigenvalue weighted by molar-refractivity contribution is 6.49. The van der Waals surface area contributed by atoms with E-state index in [0.29, 0.717) is 0 Å². The Morgan fingerprint density at radius 2 is 1.61 bits per heavy atom. The van der Waals surface area contributed by atoms with Gasteiger partial charge in [-0.05, 0) is 19.4 Å². The molecule has 0 aliphatic carbocycles. The zero-order chi connectivity index (χ0) is 17.6. The van der Waals surface area contributed by atoms with Gasteiger partial charge in [0.1, 0.15) is 0 Å². The predicted octanol–water partition coefficient (Wildman–Crippen LogP) is 2.98. The van der Waals surface area contributed by atoms with Crippen LogP contribution in [0.3, 0.4) is 0 Å². The molecule has 0 radical (unpaired) electrons. The molecule has 7 nitrogen and oxygen atoms in total. The van der Waals surface area contributed by atoms with Crippen LogP contribution in [-0.4, -0.2) is 34.9 Å². The summed E-state index contributed by atoms with van der Waals surface area (Å²) in [6.45, 7) is 3.10. The van der Waals surface area contributed by atoms with Crippen LogP contribution in [0.25, 0.3) is 0 Å². The van der Waals surface area contributed by atoms with E-state index in [0.717, 1.165) is 0 Å². The number of non-ortho nitro benzene ring substituents is 1. The summed E-state index contributed by atoms with van der Waals surface area (Å²) < 4.78 is 9.63. The molecule has 23 heavy (non-hydrogen) atoms. The number of carbonyl (C=O) groups excluding carboxylic acids is 2. The number of hydrogen-bond donors (Lipinski definition) is 0. The van der Waals surface area contributed by atoms with Crippen molar-refractivity contribution in [1.82, 2.24) is 0 Å². The molecular weight excluding hydrogens is 349 g/mol. The lowest BCUT2D eigenvalue weighted by Gasteiger charge is -2.27. The highest BCUT2D eigenvalue weighted by Gasteiger charge is 2.54. The third-order valence-electron chi connectivity index (χ3n) is 2.89. The van der Waals surface area contributed by atoms with Gasteiger partial charge in [0.15, 0.2) is 0 Å². The first-order chi connectivity index (χ1) is 10.8. The molecule has 0 aromatic heterocycles. The van der Waals surface area contributed by atoms with Crippen molar-refractivity contribution >= 4 is 40.8 Å². The van der Waals surface area contributed by atoms with Crippen molar-refractivity contribution in [3.8, 4) is 0 Å². The maximum absolute atomic E-state index is 12.1. The van der Waals surface area contributed by atoms with E-state index >= 15 is 0 Å². The van der Waals surface area contributed by atoms with Gasteiger partial charge in [0, 0.05) is 12.1 Å². The van der Waals surface area contributed by atoms with E-state index in [-0.39, 0.29) is 24.5 Å². The van der Waals surface area contributed by atoms with E-state index in [9.17, 15) is 19.7 Å². The number of nitrogens with zero attached hydrogens (tertiary/aromatic N) is 1. The van der Waals surface area contributed by atoms with E-state index in [1.54, 1.807) is 13.8 Å². The molecular formula is C14H15Cl2NO6. The zero-order valence-corrected chi connectivity index (χ0v) is 14.0. The van der Waals surface area contributed by atoms with Gasteiger partial charge in [-0.25, -0.2) is 9.59 Å². The Morgan fingerprint density at radius 3 is 1.96 bits per heavy atom. The fraction of sp³-hybridized carbons (Fsp3) is 0.429. The molecule has 0 N–H and O–H groups in total. The Bertz CT molecular complexity index is 571. The lowest BCUT2D eigenvalue weighted by molar-refractivity contribution is -0.384. The first-order valence-electron chi connectivity index (χ1n) is 6.70. The quantitative estimate of drug-likeness (QED) is 0.243. The lowest BCUT2D eigenvalue weighted by atomic mass is 9.97. The predicted molar refractivity (Wildman–Crippen MR) is 83.5 cm³/mol. The maximum Gasteiger partial charge on any atom is 0.340 e. The van der Waals surface area contributed by atoms with Crippen LogP contribution < -0.4 is 0 Å². The third-order valence-corrected chi connectivity index (χ3v) is 4.11. The van der Waals surface area contributed by atoms with Crippen molar-refractivity contribution in [3.63, 3.8) is 0 Å². The highest BCUT2D eigenvalue weighted by Crippen LogP contribution is 2.40. The number of rotatable bonds is 7. The minimum absolute atomic E-state index is 0.00339. The average Bonchev–Trinajstić information content (AvgIpc) is 2.53. The second-order valence-corrected chi connectivity index (χ2v) is 5.40. The first kappa shape index (κ1) is 19.2. The van der Waals surface area contributed by atoms with Crippen LogP contribution in [0.15, 0.2) is 24.3 Å². The summed E-state index contributed by atoms with van der Waals surface area (Å²) in [5, 5.41) is 9.33. The molecule has 0 aliphatic rings. The van der Waals surface area contributed by atoms with Gasteiger partial charge in [0.2, 0.25) is 0 Å². The molecule has 0 aliphatic heterocycles. The minimum atomic E-state index is -2.29. The van der Waals surface area contributed by atoms with Crippen LogP contribution in [0.4, 0.5) is 5.69 Å². The topological polar surface area (TPSA) is 95.7 Å². The Kier molecular flexibility index (Phi) is 6.78. The number of halogens is 2. The van der Waals surface area contributed by atoms with E-state index in [1.807, 2.05) is 0 Å². The van der Waals surface area contributed by atoms with Gasteiger partial charge in [-0.3, -0.25) is 10.1 Å². The Hall–Kier alpha value is -1.86. The van der Waals surface area contributed by atoms with Crippen molar-refractivity contribution in [2.24, 2.45) is 0 Å². The SMILES string of the molecule is CCOC(=O)C(Cl)(C(=O)OCC)C(Cl)c1ccc([N+](=O)[O-])cc1. The Labute approximate surface area is 142 Å². The van der Waals surface area contributed by atoms with Crippen LogP contribution in [-0.2, 0) is 19.1 Å². The Balaban J connectivity index is 3.21. The molecule has 0 saturated carbocycles. The van der Waals surface area contributed by atoms with Crippen molar-refractivity contribution in [2.45, 2.75) is 24.1 Å². The average molecular weight is 364 g/mol. The first-order valence-corrected chi connectivity index (χ1v) is 7.52. The number of carbonyl (C=O) groups is 2. The largest absolute Gasteiger partial charge is 0.464 e. The zero-order valence-electron chi connectivity index (χ0n) is 12.5.